The van der Waals surface area contributed by atoms with Crippen molar-refractivity contribution in [3.8, 4) is 0 Å². The molecule has 1 aliphatic rings. The standard InChI is InChI=1S/C18H37N3O4/c1-17(2,3)24-15(22)13-20-9-7-19-8-10-21(12-11-20)14-16(23)25-18(4,5)6/h15,19,22H,7-14H2,1-6H3. The Morgan fingerprint density at radius 1 is 1.00 bits per heavy atom. The van der Waals surface area contributed by atoms with E-state index < -0.39 is 11.9 Å². The number of hydrogen-bond acceptors (Lipinski definition) is 7. The first kappa shape index (κ1) is 22.3. The fourth-order valence-electron chi connectivity index (χ4n) is 2.67. The summed E-state index contributed by atoms with van der Waals surface area (Å²) in [5.74, 6) is -0.200. The van der Waals surface area contributed by atoms with Gasteiger partial charge in [0.2, 0.25) is 0 Å². The number of ether oxygens (including phenoxy) is 2. The third kappa shape index (κ3) is 11.5. The van der Waals surface area contributed by atoms with E-state index >= 15 is 0 Å². The van der Waals surface area contributed by atoms with E-state index in [4.69, 9.17) is 9.47 Å². The van der Waals surface area contributed by atoms with Gasteiger partial charge in [0.15, 0.2) is 6.29 Å². The molecule has 7 heteroatoms. The third-order valence-corrected chi connectivity index (χ3v) is 3.62. The molecule has 1 heterocycles. The number of β-amino-alcohol motifs (C(OH)–C–C–N with tert-alkyl or cyclic N) is 1. The summed E-state index contributed by atoms with van der Waals surface area (Å²) in [5.41, 5.74) is -0.838. The molecule has 0 bridgehead atoms. The van der Waals surface area contributed by atoms with Crippen molar-refractivity contribution < 1.29 is 19.4 Å². The van der Waals surface area contributed by atoms with Gasteiger partial charge in [-0.05, 0) is 41.5 Å². The molecule has 1 saturated heterocycles. The van der Waals surface area contributed by atoms with E-state index in [1.807, 2.05) is 41.5 Å². The first-order valence-corrected chi connectivity index (χ1v) is 9.18. The Balaban J connectivity index is 2.51. The van der Waals surface area contributed by atoms with Gasteiger partial charge in [-0.15, -0.1) is 0 Å². The Morgan fingerprint density at radius 3 is 2.12 bits per heavy atom. The van der Waals surface area contributed by atoms with E-state index in [1.165, 1.54) is 0 Å². The largest absolute Gasteiger partial charge is 0.459 e. The lowest BCUT2D eigenvalue weighted by molar-refractivity contribution is -0.174. The zero-order chi connectivity index (χ0) is 19.1. The number of nitrogens with zero attached hydrogens (tertiary/aromatic N) is 2. The molecular weight excluding hydrogens is 322 g/mol. The van der Waals surface area contributed by atoms with Crippen LogP contribution < -0.4 is 5.32 Å². The summed E-state index contributed by atoms with van der Waals surface area (Å²) in [5, 5.41) is 13.5. The van der Waals surface area contributed by atoms with Crippen LogP contribution in [0.5, 0.6) is 0 Å². The first-order chi connectivity index (χ1) is 11.4. The number of carbonyl (C=O) groups is 1. The molecule has 0 radical (unpaired) electrons. The van der Waals surface area contributed by atoms with E-state index in [0.717, 1.165) is 39.3 Å². The minimum atomic E-state index is -0.819. The fraction of sp³-hybridized carbons (Fsp3) is 0.944. The molecule has 0 saturated carbocycles. The molecule has 2 N–H and O–H groups in total. The second kappa shape index (κ2) is 9.83. The number of aliphatic hydroxyl groups excluding tert-OH is 1. The highest BCUT2D eigenvalue weighted by molar-refractivity contribution is 5.72. The van der Waals surface area contributed by atoms with Crippen LogP contribution in [0.1, 0.15) is 41.5 Å². The topological polar surface area (TPSA) is 74.3 Å². The van der Waals surface area contributed by atoms with Crippen LogP contribution in [0.4, 0.5) is 0 Å². The number of rotatable bonds is 5. The lowest BCUT2D eigenvalue weighted by atomic mass is 10.2. The SMILES string of the molecule is CC(C)(C)OC(=O)CN1CCNCCN(CC(O)OC(C)(C)C)CC1. The number of carbonyl (C=O) groups excluding carboxylic acids is 1. The van der Waals surface area contributed by atoms with Crippen LogP contribution in [0, 0.1) is 0 Å². The van der Waals surface area contributed by atoms with Crippen LogP contribution in [-0.4, -0.2) is 90.7 Å². The Bertz CT molecular complexity index is 404. The molecular formula is C18H37N3O4. The highest BCUT2D eigenvalue weighted by atomic mass is 16.6. The van der Waals surface area contributed by atoms with Gasteiger partial charge in [-0.1, -0.05) is 0 Å². The summed E-state index contributed by atoms with van der Waals surface area (Å²) in [6.45, 7) is 17.0. The van der Waals surface area contributed by atoms with Crippen LogP contribution in [0.15, 0.2) is 0 Å². The minimum Gasteiger partial charge on any atom is -0.459 e. The summed E-state index contributed by atoms with van der Waals surface area (Å²) in [6.07, 6.45) is -0.819. The molecule has 0 aromatic rings. The summed E-state index contributed by atoms with van der Waals surface area (Å²) in [6, 6.07) is 0. The lowest BCUT2D eigenvalue weighted by Gasteiger charge is -2.30. The summed E-state index contributed by atoms with van der Waals surface area (Å²) < 4.78 is 11.0. The summed E-state index contributed by atoms with van der Waals surface area (Å²) in [4.78, 5) is 16.3. The summed E-state index contributed by atoms with van der Waals surface area (Å²) >= 11 is 0. The predicted octanol–water partition coefficient (Wildman–Crippen LogP) is 0.669. The van der Waals surface area contributed by atoms with Gasteiger partial charge in [0.05, 0.1) is 12.1 Å². The van der Waals surface area contributed by atoms with Crippen molar-refractivity contribution in [1.82, 2.24) is 15.1 Å². The first-order valence-electron chi connectivity index (χ1n) is 9.18. The van der Waals surface area contributed by atoms with Crippen LogP contribution in [0.25, 0.3) is 0 Å². The highest BCUT2D eigenvalue weighted by Gasteiger charge is 2.22. The van der Waals surface area contributed by atoms with Gasteiger partial charge in [0.1, 0.15) is 5.60 Å². The molecule has 0 aromatic heterocycles. The van der Waals surface area contributed by atoms with Crippen LogP contribution in [0.2, 0.25) is 0 Å². The fourth-order valence-corrected chi connectivity index (χ4v) is 2.67. The molecule has 25 heavy (non-hydrogen) atoms. The van der Waals surface area contributed by atoms with Crippen molar-refractivity contribution in [2.24, 2.45) is 0 Å². The molecule has 1 aliphatic heterocycles. The second-order valence-corrected chi connectivity index (χ2v) is 8.60. The molecule has 0 aliphatic carbocycles. The predicted molar refractivity (Wildman–Crippen MR) is 98.4 cm³/mol. The van der Waals surface area contributed by atoms with Crippen molar-refractivity contribution in [3.05, 3.63) is 0 Å². The van der Waals surface area contributed by atoms with Gasteiger partial charge in [0.25, 0.3) is 0 Å². The summed E-state index contributed by atoms with van der Waals surface area (Å²) in [7, 11) is 0. The van der Waals surface area contributed by atoms with Crippen molar-refractivity contribution in [2.45, 2.75) is 59.0 Å². The van der Waals surface area contributed by atoms with Crippen LogP contribution in [0.3, 0.4) is 0 Å². The Hall–Kier alpha value is -0.730. The van der Waals surface area contributed by atoms with E-state index in [1.54, 1.807) is 0 Å². The molecule has 148 valence electrons. The van der Waals surface area contributed by atoms with E-state index in [-0.39, 0.29) is 18.1 Å². The van der Waals surface area contributed by atoms with E-state index in [0.29, 0.717) is 6.54 Å². The van der Waals surface area contributed by atoms with Gasteiger partial charge in [-0.2, -0.15) is 0 Å². The quantitative estimate of drug-likeness (QED) is 0.552. The Labute approximate surface area is 152 Å². The van der Waals surface area contributed by atoms with Crippen molar-refractivity contribution >= 4 is 5.97 Å². The van der Waals surface area contributed by atoms with Gasteiger partial charge in [-0.3, -0.25) is 14.6 Å². The maximum absolute atomic E-state index is 12.1. The molecule has 0 aromatic carbocycles. The number of hydrogen-bond donors (Lipinski definition) is 2. The minimum absolute atomic E-state index is 0.200. The molecule has 0 amide bonds. The molecule has 0 spiro atoms. The monoisotopic (exact) mass is 359 g/mol. The smallest absolute Gasteiger partial charge is 0.320 e. The second-order valence-electron chi connectivity index (χ2n) is 8.60. The lowest BCUT2D eigenvalue weighted by Crippen LogP contribution is -2.43. The van der Waals surface area contributed by atoms with Crippen molar-refractivity contribution in [3.63, 3.8) is 0 Å². The van der Waals surface area contributed by atoms with Gasteiger partial charge < -0.3 is 19.9 Å². The molecule has 1 atom stereocenters. The molecule has 1 rings (SSSR count). The average Bonchev–Trinajstić information content (AvgIpc) is 2.48. The van der Waals surface area contributed by atoms with Crippen molar-refractivity contribution in [2.75, 3.05) is 52.4 Å². The number of aliphatic hydroxyl groups is 1. The maximum Gasteiger partial charge on any atom is 0.320 e. The van der Waals surface area contributed by atoms with E-state index in [9.17, 15) is 9.90 Å². The number of esters is 1. The van der Waals surface area contributed by atoms with Crippen molar-refractivity contribution in [1.29, 1.82) is 0 Å². The van der Waals surface area contributed by atoms with Crippen LogP contribution in [-0.2, 0) is 14.3 Å². The molecule has 7 nitrogen and oxygen atoms in total. The number of nitrogens with one attached hydrogen (secondary N) is 1. The Morgan fingerprint density at radius 2 is 1.56 bits per heavy atom. The third-order valence-electron chi connectivity index (χ3n) is 3.62. The molecule has 1 fully saturated rings. The van der Waals surface area contributed by atoms with Gasteiger partial charge in [0, 0.05) is 45.8 Å². The normalized spacial score (nSPS) is 20.4. The molecule has 1 unspecified atom stereocenters. The zero-order valence-corrected chi connectivity index (χ0v) is 16.8. The van der Waals surface area contributed by atoms with Gasteiger partial charge in [-0.25, -0.2) is 0 Å². The van der Waals surface area contributed by atoms with E-state index in [2.05, 4.69) is 15.1 Å². The van der Waals surface area contributed by atoms with Gasteiger partial charge >= 0.3 is 5.97 Å². The van der Waals surface area contributed by atoms with Crippen LogP contribution >= 0.6 is 0 Å². The average molecular weight is 360 g/mol. The maximum atomic E-state index is 12.1. The Kier molecular flexibility index (Phi) is 8.77. The zero-order valence-electron chi connectivity index (χ0n) is 16.8. The highest BCUT2D eigenvalue weighted by Crippen LogP contribution is 2.11.